The van der Waals surface area contributed by atoms with Gasteiger partial charge in [-0.15, -0.1) is 0 Å². The molecule has 0 aliphatic rings. The molecule has 1 amide bonds. The number of H-pyrrole nitrogens is 1. The van der Waals surface area contributed by atoms with Crippen molar-refractivity contribution in [2.75, 3.05) is 0 Å². The van der Waals surface area contributed by atoms with Crippen LogP contribution in [0.25, 0.3) is 10.9 Å². The zero-order chi connectivity index (χ0) is 16.8. The summed E-state index contributed by atoms with van der Waals surface area (Å²) in [6.45, 7) is 5.96. The molecule has 2 rings (SSSR count). The number of para-hydroxylation sites is 1. The maximum absolute atomic E-state index is 12.5. The number of rotatable bonds is 8. The van der Waals surface area contributed by atoms with E-state index < -0.39 is 11.7 Å². The average Bonchev–Trinajstić information content (AvgIpc) is 2.86. The van der Waals surface area contributed by atoms with Gasteiger partial charge in [-0.05, 0) is 26.3 Å². The zero-order valence-electron chi connectivity index (χ0n) is 14.2. The van der Waals surface area contributed by atoms with Crippen molar-refractivity contribution in [3.8, 4) is 0 Å². The Kier molecular flexibility index (Phi) is 5.97. The predicted octanol–water partition coefficient (Wildman–Crippen LogP) is 4.13. The van der Waals surface area contributed by atoms with E-state index in [1.54, 1.807) is 0 Å². The molecule has 0 fully saturated rings. The van der Waals surface area contributed by atoms with Crippen LogP contribution in [0.4, 0.5) is 0 Å². The van der Waals surface area contributed by atoms with Crippen molar-refractivity contribution in [2.24, 2.45) is 0 Å². The number of nitrogens with one attached hydrogen (secondary N) is 2. The third kappa shape index (κ3) is 4.21. The first-order chi connectivity index (χ1) is 11.0. The largest absolute Gasteiger partial charge is 0.358 e. The normalized spacial score (nSPS) is 12.3. The van der Waals surface area contributed by atoms with Crippen LogP contribution in [-0.4, -0.2) is 22.7 Å². The Bertz CT molecular complexity index is 688. The lowest BCUT2D eigenvalue weighted by Gasteiger charge is -2.13. The van der Waals surface area contributed by atoms with Gasteiger partial charge in [0.1, 0.15) is 0 Å². The highest BCUT2D eigenvalue weighted by Gasteiger charge is 2.23. The summed E-state index contributed by atoms with van der Waals surface area (Å²) in [7, 11) is 0. The number of hydrogen-bond donors (Lipinski definition) is 2. The molecule has 23 heavy (non-hydrogen) atoms. The SMILES string of the molecule is CCCCCCC(C)NC(=O)C(=O)c1c(C)[nH]c2ccccc12. The Hall–Kier alpha value is -2.10. The number of unbranched alkanes of at least 4 members (excludes halogenated alkanes) is 3. The molecule has 0 aliphatic heterocycles. The Balaban J connectivity index is 2.01. The molecule has 124 valence electrons. The molecule has 0 spiro atoms. The first-order valence-corrected chi connectivity index (χ1v) is 8.47. The fourth-order valence-electron chi connectivity index (χ4n) is 2.92. The van der Waals surface area contributed by atoms with E-state index in [4.69, 9.17) is 0 Å². The monoisotopic (exact) mass is 314 g/mol. The predicted molar refractivity (Wildman–Crippen MR) is 93.7 cm³/mol. The minimum absolute atomic E-state index is 0.0221. The van der Waals surface area contributed by atoms with Crippen LogP contribution in [0.1, 0.15) is 62.0 Å². The molecule has 1 aromatic carbocycles. The number of aryl methyl sites for hydroxylation is 1. The van der Waals surface area contributed by atoms with E-state index in [-0.39, 0.29) is 6.04 Å². The van der Waals surface area contributed by atoms with Crippen LogP contribution >= 0.6 is 0 Å². The molecule has 4 nitrogen and oxygen atoms in total. The van der Waals surface area contributed by atoms with Crippen LogP contribution in [0.2, 0.25) is 0 Å². The quantitative estimate of drug-likeness (QED) is 0.437. The molecule has 0 saturated heterocycles. The van der Waals surface area contributed by atoms with Crippen LogP contribution in [0.3, 0.4) is 0 Å². The summed E-state index contributed by atoms with van der Waals surface area (Å²) in [6, 6.07) is 7.58. The number of fused-ring (bicyclic) bond motifs is 1. The molecule has 2 N–H and O–H groups in total. The summed E-state index contributed by atoms with van der Waals surface area (Å²) in [5, 5.41) is 3.64. The second kappa shape index (κ2) is 7.95. The van der Waals surface area contributed by atoms with Gasteiger partial charge >= 0.3 is 0 Å². The summed E-state index contributed by atoms with van der Waals surface area (Å²) >= 11 is 0. The van der Waals surface area contributed by atoms with Crippen LogP contribution in [0, 0.1) is 6.92 Å². The van der Waals surface area contributed by atoms with E-state index in [2.05, 4.69) is 17.2 Å². The fraction of sp³-hybridized carbons (Fsp3) is 0.474. The van der Waals surface area contributed by atoms with Gasteiger partial charge in [-0.1, -0.05) is 50.8 Å². The molecule has 0 saturated carbocycles. The van der Waals surface area contributed by atoms with Crippen LogP contribution < -0.4 is 5.32 Å². The van der Waals surface area contributed by atoms with Crippen LogP contribution in [0.15, 0.2) is 24.3 Å². The topological polar surface area (TPSA) is 62.0 Å². The molecular formula is C19H26N2O2. The van der Waals surface area contributed by atoms with Crippen molar-refractivity contribution in [1.29, 1.82) is 0 Å². The van der Waals surface area contributed by atoms with Gasteiger partial charge in [-0.2, -0.15) is 0 Å². The summed E-state index contributed by atoms with van der Waals surface area (Å²) < 4.78 is 0. The maximum Gasteiger partial charge on any atom is 0.292 e. The van der Waals surface area contributed by atoms with Gasteiger partial charge in [-0.3, -0.25) is 9.59 Å². The number of ketones is 1. The Morgan fingerprint density at radius 1 is 1.17 bits per heavy atom. The van der Waals surface area contributed by atoms with Crippen LogP contribution in [-0.2, 0) is 4.79 Å². The van der Waals surface area contributed by atoms with E-state index in [0.29, 0.717) is 5.56 Å². The molecule has 0 aliphatic carbocycles. The summed E-state index contributed by atoms with van der Waals surface area (Å²) in [5.41, 5.74) is 2.10. The number of aromatic nitrogens is 1. The number of amides is 1. The molecule has 0 radical (unpaired) electrons. The number of aromatic amines is 1. The number of carbonyl (C=O) groups excluding carboxylic acids is 2. The zero-order valence-corrected chi connectivity index (χ0v) is 14.2. The Labute approximate surface area is 137 Å². The lowest BCUT2D eigenvalue weighted by Crippen LogP contribution is -2.37. The van der Waals surface area contributed by atoms with Crippen molar-refractivity contribution in [2.45, 2.75) is 58.9 Å². The standard InChI is InChI=1S/C19H26N2O2/c1-4-5-6-7-10-13(2)20-19(23)18(22)17-14(3)21-16-12-9-8-11-15(16)17/h8-9,11-13,21H,4-7,10H2,1-3H3,(H,20,23). The molecule has 1 atom stereocenters. The summed E-state index contributed by atoms with van der Waals surface area (Å²) in [6.07, 6.45) is 5.57. The average molecular weight is 314 g/mol. The first kappa shape index (κ1) is 17.3. The number of Topliss-reactive ketones (excluding diaryl/α,β-unsaturated/α-hetero) is 1. The molecule has 1 heterocycles. The number of benzene rings is 1. The second-order valence-corrected chi connectivity index (χ2v) is 6.22. The fourth-order valence-corrected chi connectivity index (χ4v) is 2.92. The first-order valence-electron chi connectivity index (χ1n) is 8.47. The molecule has 4 heteroatoms. The van der Waals surface area contributed by atoms with E-state index in [0.717, 1.165) is 29.4 Å². The second-order valence-electron chi connectivity index (χ2n) is 6.22. The minimum atomic E-state index is -0.513. The highest BCUT2D eigenvalue weighted by Crippen LogP contribution is 2.22. The molecule has 2 aromatic rings. The van der Waals surface area contributed by atoms with E-state index >= 15 is 0 Å². The van der Waals surface area contributed by atoms with E-state index in [1.165, 1.54) is 19.3 Å². The van der Waals surface area contributed by atoms with E-state index in [1.807, 2.05) is 38.1 Å². The van der Waals surface area contributed by atoms with E-state index in [9.17, 15) is 9.59 Å². The van der Waals surface area contributed by atoms with Crippen LogP contribution in [0.5, 0.6) is 0 Å². The lowest BCUT2D eigenvalue weighted by molar-refractivity contribution is -0.117. The molecule has 1 aromatic heterocycles. The van der Waals surface area contributed by atoms with Gasteiger partial charge in [0.2, 0.25) is 0 Å². The third-order valence-electron chi connectivity index (χ3n) is 4.20. The molecule has 1 unspecified atom stereocenters. The van der Waals surface area contributed by atoms with Gasteiger partial charge in [0, 0.05) is 22.6 Å². The number of hydrogen-bond acceptors (Lipinski definition) is 2. The highest BCUT2D eigenvalue weighted by molar-refractivity contribution is 6.45. The smallest absolute Gasteiger partial charge is 0.292 e. The van der Waals surface area contributed by atoms with Gasteiger partial charge in [0.15, 0.2) is 0 Å². The molecule has 0 bridgehead atoms. The highest BCUT2D eigenvalue weighted by atomic mass is 16.2. The Morgan fingerprint density at radius 3 is 2.65 bits per heavy atom. The third-order valence-corrected chi connectivity index (χ3v) is 4.20. The molecular weight excluding hydrogens is 288 g/mol. The van der Waals surface area contributed by atoms with Crippen molar-refractivity contribution in [3.63, 3.8) is 0 Å². The maximum atomic E-state index is 12.5. The lowest BCUT2D eigenvalue weighted by atomic mass is 10.0. The van der Waals surface area contributed by atoms with Crippen molar-refractivity contribution in [1.82, 2.24) is 10.3 Å². The van der Waals surface area contributed by atoms with Crippen molar-refractivity contribution < 1.29 is 9.59 Å². The Morgan fingerprint density at radius 2 is 1.91 bits per heavy atom. The van der Waals surface area contributed by atoms with Gasteiger partial charge in [0.25, 0.3) is 11.7 Å². The van der Waals surface area contributed by atoms with Crippen molar-refractivity contribution >= 4 is 22.6 Å². The van der Waals surface area contributed by atoms with Gasteiger partial charge in [-0.25, -0.2) is 0 Å². The minimum Gasteiger partial charge on any atom is -0.358 e. The van der Waals surface area contributed by atoms with Gasteiger partial charge in [0.05, 0.1) is 5.56 Å². The number of carbonyl (C=O) groups is 2. The van der Waals surface area contributed by atoms with Gasteiger partial charge < -0.3 is 10.3 Å². The summed E-state index contributed by atoms with van der Waals surface area (Å²) in [4.78, 5) is 27.9. The summed E-state index contributed by atoms with van der Waals surface area (Å²) in [5.74, 6) is -0.971. The van der Waals surface area contributed by atoms with Crippen molar-refractivity contribution in [3.05, 3.63) is 35.5 Å².